The Balaban J connectivity index is 2.65. The van der Waals surface area contributed by atoms with E-state index in [0.717, 1.165) is 0 Å². The van der Waals surface area contributed by atoms with Crippen molar-refractivity contribution in [1.29, 1.82) is 0 Å². The van der Waals surface area contributed by atoms with Crippen molar-refractivity contribution in [3.63, 3.8) is 0 Å². The second-order valence-electron chi connectivity index (χ2n) is 3.90. The van der Waals surface area contributed by atoms with Gasteiger partial charge >= 0.3 is 0 Å². The molecule has 0 aromatic rings. The van der Waals surface area contributed by atoms with E-state index in [1.165, 1.54) is 0 Å². The van der Waals surface area contributed by atoms with Crippen LogP contribution in [0.1, 0.15) is 27.7 Å². The number of nitrogens with zero attached hydrogens (tertiary/aromatic N) is 1. The van der Waals surface area contributed by atoms with E-state index in [4.69, 9.17) is 0 Å². The van der Waals surface area contributed by atoms with Crippen molar-refractivity contribution < 1.29 is 0 Å². The highest BCUT2D eigenvalue weighted by atomic mass is 15.1. The summed E-state index contributed by atoms with van der Waals surface area (Å²) in [6.45, 7) is 9.52. The molecule has 0 N–H and O–H groups in total. The Morgan fingerprint density at radius 2 is 1.33 bits per heavy atom. The zero-order chi connectivity index (χ0) is 9.14. The quantitative estimate of drug-likeness (QED) is 0.577. The van der Waals surface area contributed by atoms with E-state index in [1.807, 2.05) is 0 Å². The molecule has 0 atom stereocenters. The highest BCUT2D eigenvalue weighted by Crippen LogP contribution is 2.12. The van der Waals surface area contributed by atoms with Crippen LogP contribution in [0, 0.1) is 0 Å². The highest BCUT2D eigenvalue weighted by molar-refractivity contribution is 6.67. The lowest BCUT2D eigenvalue weighted by molar-refractivity contribution is 0.309. The van der Waals surface area contributed by atoms with Gasteiger partial charge in [0.15, 0.2) is 0 Å². The van der Waals surface area contributed by atoms with E-state index in [2.05, 4.69) is 56.6 Å². The van der Waals surface area contributed by atoms with Gasteiger partial charge in [-0.3, -0.25) is 0 Å². The van der Waals surface area contributed by atoms with Crippen molar-refractivity contribution in [3.05, 3.63) is 24.1 Å². The Bertz CT molecular complexity index is 174. The molecule has 0 fully saturated rings. The molecule has 0 aromatic carbocycles. The third kappa shape index (κ3) is 2.01. The Morgan fingerprint density at radius 1 is 0.917 bits per heavy atom. The first-order valence-electron chi connectivity index (χ1n) is 4.75. The molecule has 0 aliphatic carbocycles. The minimum Gasteiger partial charge on any atom is -0.330 e. The Hall–Kier alpha value is -0.495. The van der Waals surface area contributed by atoms with Gasteiger partial charge in [0.1, 0.15) is 0 Å². The molecule has 1 nitrogen and oxygen atoms in total. The molecular formula is C10H18BN. The fourth-order valence-electron chi connectivity index (χ4n) is 1.90. The normalized spacial score (nSPS) is 16.1. The van der Waals surface area contributed by atoms with Crippen LogP contribution in [-0.4, -0.2) is 23.7 Å². The Kier molecular flexibility index (Phi) is 3.16. The summed E-state index contributed by atoms with van der Waals surface area (Å²) in [6, 6.07) is 1.23. The van der Waals surface area contributed by atoms with Crippen LogP contribution in [0.2, 0.25) is 0 Å². The molecule has 1 aliphatic rings. The maximum atomic E-state index is 2.50. The van der Waals surface area contributed by atoms with E-state index in [9.17, 15) is 0 Å². The smallest absolute Gasteiger partial charge is 0.277 e. The fraction of sp³-hybridized carbons (Fsp3) is 0.600. The molecule has 1 rings (SSSR count). The number of hydrogen-bond acceptors (Lipinski definition) is 1. The summed E-state index contributed by atoms with van der Waals surface area (Å²) in [5.41, 5.74) is 0. The van der Waals surface area contributed by atoms with E-state index in [-0.39, 0.29) is 0 Å². The van der Waals surface area contributed by atoms with Crippen LogP contribution in [-0.2, 0) is 0 Å². The van der Waals surface area contributed by atoms with Gasteiger partial charge in [-0.25, -0.2) is 0 Å². The van der Waals surface area contributed by atoms with Crippen LogP contribution in [0.3, 0.4) is 0 Å². The van der Waals surface area contributed by atoms with Gasteiger partial charge in [-0.15, -0.1) is 0 Å². The second-order valence-corrected chi connectivity index (χ2v) is 3.90. The molecule has 2 heteroatoms. The fourth-order valence-corrected chi connectivity index (χ4v) is 1.90. The summed E-state index contributed by atoms with van der Waals surface area (Å²) in [7, 11) is 0. The molecule has 66 valence electrons. The maximum Gasteiger partial charge on any atom is 0.277 e. The Labute approximate surface area is 76.2 Å². The van der Waals surface area contributed by atoms with Crippen molar-refractivity contribution in [3.8, 4) is 0 Å². The lowest BCUT2D eigenvalue weighted by atomic mass is 9.61. The van der Waals surface area contributed by atoms with Gasteiger partial charge in [0, 0.05) is 0 Å². The topological polar surface area (TPSA) is 3.24 Å². The first-order valence-corrected chi connectivity index (χ1v) is 4.75. The molecule has 1 aliphatic heterocycles. The van der Waals surface area contributed by atoms with Crippen LogP contribution in [0.5, 0.6) is 0 Å². The molecule has 0 aromatic heterocycles. The molecule has 0 saturated heterocycles. The maximum absolute atomic E-state index is 2.50. The first-order chi connectivity index (χ1) is 5.63. The number of allylic oxidation sites excluding steroid dienone is 2. The minimum absolute atomic E-state index is 0.519. The average Bonchev–Trinajstić information content (AvgIpc) is 2.37. The molecule has 0 unspecified atom stereocenters. The van der Waals surface area contributed by atoms with Gasteiger partial charge in [0.25, 0.3) is 6.85 Å². The molecule has 0 saturated carbocycles. The van der Waals surface area contributed by atoms with Gasteiger partial charge in [0.2, 0.25) is 0 Å². The van der Waals surface area contributed by atoms with Crippen LogP contribution in [0.25, 0.3) is 0 Å². The highest BCUT2D eigenvalue weighted by Gasteiger charge is 2.24. The molecule has 0 spiro atoms. The number of hydrogen-bond donors (Lipinski definition) is 0. The van der Waals surface area contributed by atoms with E-state index >= 15 is 0 Å². The summed E-state index contributed by atoms with van der Waals surface area (Å²) in [6.07, 6.45) is 4.25. The van der Waals surface area contributed by atoms with E-state index < -0.39 is 0 Å². The third-order valence-corrected chi connectivity index (χ3v) is 2.26. The summed E-state index contributed by atoms with van der Waals surface area (Å²) in [4.78, 5) is 2.50. The standard InChI is InChI=1S/C10H18BN/c1-9(2)12(10(3)4)11-7-5-6-8-11/h5-10H,1-4H3. The van der Waals surface area contributed by atoms with Crippen molar-refractivity contribution in [2.45, 2.75) is 39.8 Å². The van der Waals surface area contributed by atoms with Crippen LogP contribution >= 0.6 is 0 Å². The van der Waals surface area contributed by atoms with Gasteiger partial charge in [-0.05, 0) is 12.1 Å². The first kappa shape index (κ1) is 9.59. The Morgan fingerprint density at radius 3 is 1.67 bits per heavy atom. The summed E-state index contributed by atoms with van der Waals surface area (Å²) < 4.78 is 0. The van der Waals surface area contributed by atoms with Gasteiger partial charge in [0.05, 0.1) is 0 Å². The molecular weight excluding hydrogens is 145 g/mol. The largest absolute Gasteiger partial charge is 0.330 e. The van der Waals surface area contributed by atoms with Gasteiger partial charge < -0.3 is 4.81 Å². The van der Waals surface area contributed by atoms with Crippen molar-refractivity contribution in [2.75, 3.05) is 0 Å². The molecule has 0 amide bonds. The van der Waals surface area contributed by atoms with Crippen molar-refractivity contribution in [1.82, 2.24) is 4.81 Å². The summed E-state index contributed by atoms with van der Waals surface area (Å²) in [5.74, 6) is 4.50. The van der Waals surface area contributed by atoms with Crippen molar-refractivity contribution >= 4 is 6.85 Å². The molecule has 12 heavy (non-hydrogen) atoms. The minimum atomic E-state index is 0.519. The molecule has 0 radical (unpaired) electrons. The third-order valence-electron chi connectivity index (χ3n) is 2.26. The van der Waals surface area contributed by atoms with E-state index in [0.29, 0.717) is 18.9 Å². The van der Waals surface area contributed by atoms with Crippen LogP contribution in [0.15, 0.2) is 24.1 Å². The predicted octanol–water partition coefficient (Wildman–Crippen LogP) is 2.30. The second kappa shape index (κ2) is 3.95. The van der Waals surface area contributed by atoms with Crippen LogP contribution in [0.4, 0.5) is 0 Å². The average molecular weight is 163 g/mol. The lowest BCUT2D eigenvalue weighted by Crippen LogP contribution is -2.46. The zero-order valence-corrected chi connectivity index (χ0v) is 8.49. The SMILES string of the molecule is CC(C)N(B1C=CC=C1)C(C)C. The van der Waals surface area contributed by atoms with E-state index in [1.54, 1.807) is 0 Å². The summed E-state index contributed by atoms with van der Waals surface area (Å²) in [5, 5.41) is 0. The lowest BCUT2D eigenvalue weighted by Gasteiger charge is -2.33. The predicted molar refractivity (Wildman–Crippen MR) is 56.1 cm³/mol. The van der Waals surface area contributed by atoms with Crippen molar-refractivity contribution in [2.24, 2.45) is 0 Å². The van der Waals surface area contributed by atoms with Gasteiger partial charge in [-0.1, -0.05) is 51.8 Å². The number of rotatable bonds is 3. The summed E-state index contributed by atoms with van der Waals surface area (Å²) >= 11 is 0. The van der Waals surface area contributed by atoms with Crippen LogP contribution < -0.4 is 0 Å². The monoisotopic (exact) mass is 163 g/mol. The zero-order valence-electron chi connectivity index (χ0n) is 8.49. The molecule has 0 bridgehead atoms. The van der Waals surface area contributed by atoms with Gasteiger partial charge in [-0.2, -0.15) is 0 Å². The molecule has 1 heterocycles.